The Hall–Kier alpha value is -4.47. The molecule has 0 aliphatic carbocycles. The van der Waals surface area contributed by atoms with Crippen LogP contribution < -0.4 is 24.3 Å². The van der Waals surface area contributed by atoms with Crippen molar-refractivity contribution in [2.45, 2.75) is 19.3 Å². The predicted octanol–water partition coefficient (Wildman–Crippen LogP) is 7.41. The fourth-order valence-corrected chi connectivity index (χ4v) is 7.72. The number of nitrogens with one attached hydrogen (secondary N) is 2. The third-order valence-corrected chi connectivity index (χ3v) is 10.2. The maximum atomic E-state index is 13.0. The smallest absolute Gasteiger partial charge is 0.446 e. The quantitative estimate of drug-likeness (QED) is 0.0659. The number of halogens is 4. The topological polar surface area (TPSA) is 226 Å². The molecule has 4 aromatic carbocycles. The predicted molar refractivity (Wildman–Crippen MR) is 210 cm³/mol. The van der Waals surface area contributed by atoms with Crippen LogP contribution in [-0.2, 0) is 39.3 Å². The molecular formula is C34H26Br4N4O11S. The van der Waals surface area contributed by atoms with E-state index in [2.05, 4.69) is 84.7 Å². The molecule has 8 bridgehead atoms. The zero-order valence-electron chi connectivity index (χ0n) is 27.2. The molecule has 8 rings (SSSR count). The van der Waals surface area contributed by atoms with Crippen molar-refractivity contribution >= 4 is 103 Å². The monoisotopic (exact) mass is 1010 g/mol. The standard InChI is InChI=1S/C34H26Br4N4O11S/c35-21-9-17-1-3-27(21)51-29-15-18(2-4-28(29)53-54(48,49)50)6-8-40-33(44)25(41-46)13-19-11-23(37)32(24(38)12-19)52-30-16-20(10-22(36)31(30)43)14-26(42-47)34(45)39-7-5-17/h1-5,7,9-12,15-16,43,46-47H,6,8,13-14H2,(H,39,45)(H,40,44)(H,48,49,50)/b7-5+,41-25+,42-26+. The minimum Gasteiger partial charge on any atom is -0.503 e. The molecule has 6 N–H and O–H groups in total. The average Bonchev–Trinajstić information content (AvgIpc) is 3.10. The summed E-state index contributed by atoms with van der Waals surface area (Å²) >= 11 is 13.6. The maximum Gasteiger partial charge on any atom is 0.446 e. The molecular weight excluding hydrogens is 992 g/mol. The second-order valence-electron chi connectivity index (χ2n) is 11.3. The summed E-state index contributed by atoms with van der Waals surface area (Å²) in [6, 6.07) is 15.3. The van der Waals surface area contributed by atoms with Gasteiger partial charge in [-0.2, -0.15) is 8.42 Å². The third kappa shape index (κ3) is 10.6. The van der Waals surface area contributed by atoms with Gasteiger partial charge in [-0.15, -0.1) is 0 Å². The number of nitrogens with zero attached hydrogens (tertiary/aromatic N) is 2. The summed E-state index contributed by atoms with van der Waals surface area (Å²) in [5.41, 5.74) is 1.67. The summed E-state index contributed by atoms with van der Waals surface area (Å²) in [6.07, 6.45) is 2.84. The molecule has 0 fully saturated rings. The van der Waals surface area contributed by atoms with Crippen LogP contribution >= 0.6 is 63.7 Å². The number of carbonyl (C=O) groups is 2. The zero-order chi connectivity index (χ0) is 39.2. The fraction of sp³-hybridized carbons (Fsp3) is 0.118. The summed E-state index contributed by atoms with van der Waals surface area (Å²) in [6.45, 7) is 0.0704. The first-order valence-corrected chi connectivity index (χ1v) is 19.8. The Bertz CT molecular complexity index is 2310. The Kier molecular flexibility index (Phi) is 13.4. The normalized spacial score (nSPS) is 16.5. The summed E-state index contributed by atoms with van der Waals surface area (Å²) in [5.74, 6) is -1.55. The Morgan fingerprint density at radius 2 is 1.35 bits per heavy atom. The maximum absolute atomic E-state index is 13.0. The first kappa shape index (κ1) is 40.7. The first-order valence-electron chi connectivity index (χ1n) is 15.3. The van der Waals surface area contributed by atoms with Gasteiger partial charge in [0.25, 0.3) is 11.8 Å². The molecule has 20 heteroatoms. The van der Waals surface area contributed by atoms with Crippen molar-refractivity contribution in [2.75, 3.05) is 6.54 Å². The van der Waals surface area contributed by atoms with Crippen molar-refractivity contribution in [3.63, 3.8) is 0 Å². The molecule has 4 aromatic rings. The van der Waals surface area contributed by atoms with E-state index < -0.39 is 22.2 Å². The van der Waals surface area contributed by atoms with E-state index in [9.17, 15) is 38.1 Å². The number of ether oxygens (including phenoxy) is 2. The zero-order valence-corrected chi connectivity index (χ0v) is 34.4. The lowest BCUT2D eigenvalue weighted by Crippen LogP contribution is -2.33. The van der Waals surface area contributed by atoms with Crippen LogP contribution in [0, 0.1) is 0 Å². The van der Waals surface area contributed by atoms with Crippen molar-refractivity contribution in [2.24, 2.45) is 10.3 Å². The number of phenolic OH excluding ortho intramolecular Hbond substituents is 1. The molecule has 0 saturated carbocycles. The number of oxime groups is 2. The van der Waals surface area contributed by atoms with Gasteiger partial charge in [0.15, 0.2) is 28.7 Å². The van der Waals surface area contributed by atoms with Crippen LogP contribution in [-0.4, -0.2) is 58.3 Å². The average molecular weight is 1020 g/mol. The number of aromatic hydroxyl groups is 1. The highest BCUT2D eigenvalue weighted by atomic mass is 79.9. The van der Waals surface area contributed by atoms with E-state index in [0.29, 0.717) is 35.7 Å². The molecule has 0 spiro atoms. The molecule has 15 nitrogen and oxygen atoms in total. The van der Waals surface area contributed by atoms with Gasteiger partial charge >= 0.3 is 10.4 Å². The third-order valence-electron chi connectivity index (χ3n) is 7.44. The van der Waals surface area contributed by atoms with Crippen LogP contribution in [0.1, 0.15) is 22.3 Å². The molecule has 0 radical (unpaired) electrons. The SMILES string of the molecule is O=C1N/C=C/c2ccc(c(Br)c2)Oc2cc(ccc2OS(=O)(=O)O)CCNC(=O)/C(=N/O)Cc2cc(Br)c(c(Br)c2)Oc2cc(cc(Br)c2O)C/C1=N\O. The summed E-state index contributed by atoms with van der Waals surface area (Å²) in [7, 11) is -4.92. The molecule has 282 valence electrons. The van der Waals surface area contributed by atoms with Crippen LogP contribution in [0.2, 0.25) is 0 Å². The molecule has 0 atom stereocenters. The van der Waals surface area contributed by atoms with Gasteiger partial charge in [-0.05, 0) is 147 Å². The Balaban J connectivity index is 1.51. The highest BCUT2D eigenvalue weighted by Gasteiger charge is 2.21. The minimum atomic E-state index is -4.92. The van der Waals surface area contributed by atoms with Gasteiger partial charge in [0, 0.05) is 25.6 Å². The van der Waals surface area contributed by atoms with E-state index in [1.54, 1.807) is 36.4 Å². The molecule has 54 heavy (non-hydrogen) atoms. The van der Waals surface area contributed by atoms with E-state index >= 15 is 0 Å². The van der Waals surface area contributed by atoms with Gasteiger partial charge in [0.05, 0.1) is 17.9 Å². The number of rotatable bonds is 2. The second-order valence-corrected chi connectivity index (χ2v) is 15.7. The van der Waals surface area contributed by atoms with Crippen molar-refractivity contribution in [1.82, 2.24) is 10.6 Å². The number of benzene rings is 4. The number of carbonyl (C=O) groups excluding carboxylic acids is 2. The molecule has 0 unspecified atom stereocenters. The lowest BCUT2D eigenvalue weighted by Gasteiger charge is -2.15. The summed E-state index contributed by atoms with van der Waals surface area (Å²) < 4.78 is 50.7. The van der Waals surface area contributed by atoms with Gasteiger partial charge in [0.2, 0.25) is 0 Å². The lowest BCUT2D eigenvalue weighted by atomic mass is 10.1. The van der Waals surface area contributed by atoms with E-state index in [-0.39, 0.29) is 76.2 Å². The largest absolute Gasteiger partial charge is 0.503 e. The van der Waals surface area contributed by atoms with Crippen LogP contribution in [0.3, 0.4) is 0 Å². The van der Waals surface area contributed by atoms with Crippen LogP contribution in [0.25, 0.3) is 6.08 Å². The van der Waals surface area contributed by atoms with Gasteiger partial charge in [-0.1, -0.05) is 22.4 Å². The highest BCUT2D eigenvalue weighted by Crippen LogP contribution is 2.44. The molecule has 0 saturated heterocycles. The van der Waals surface area contributed by atoms with Crippen molar-refractivity contribution in [3.8, 4) is 34.5 Å². The first-order chi connectivity index (χ1) is 25.6. The van der Waals surface area contributed by atoms with Gasteiger partial charge in [-0.25, -0.2) is 0 Å². The van der Waals surface area contributed by atoms with Crippen LogP contribution in [0.15, 0.2) is 95.1 Å². The second kappa shape index (κ2) is 17.8. The van der Waals surface area contributed by atoms with E-state index in [1.807, 2.05) is 0 Å². The lowest BCUT2D eigenvalue weighted by molar-refractivity contribution is -0.115. The van der Waals surface area contributed by atoms with E-state index in [1.165, 1.54) is 36.5 Å². The minimum absolute atomic E-state index is 0.00184. The van der Waals surface area contributed by atoms with Crippen molar-refractivity contribution in [3.05, 3.63) is 107 Å². The Labute approximate surface area is 341 Å². The van der Waals surface area contributed by atoms with Gasteiger partial charge in [-0.3, -0.25) is 14.1 Å². The Morgan fingerprint density at radius 3 is 2.00 bits per heavy atom. The molecule has 4 heterocycles. The molecule has 0 aromatic heterocycles. The van der Waals surface area contributed by atoms with E-state index in [4.69, 9.17) is 13.7 Å². The highest BCUT2D eigenvalue weighted by molar-refractivity contribution is 9.11. The van der Waals surface area contributed by atoms with Crippen LogP contribution in [0.5, 0.6) is 34.5 Å². The Morgan fingerprint density at radius 1 is 0.722 bits per heavy atom. The number of hydrogen-bond donors (Lipinski definition) is 6. The number of phenols is 1. The number of amides is 2. The van der Waals surface area contributed by atoms with Crippen molar-refractivity contribution < 1.29 is 51.7 Å². The fourth-order valence-electron chi connectivity index (χ4n) is 4.95. The summed E-state index contributed by atoms with van der Waals surface area (Å²) in [4.78, 5) is 26.0. The molecule has 4 aliphatic rings. The summed E-state index contributed by atoms with van der Waals surface area (Å²) in [5, 5.41) is 41.8. The molecule has 2 amide bonds. The molecule has 4 aliphatic heterocycles. The van der Waals surface area contributed by atoms with Crippen LogP contribution in [0.4, 0.5) is 0 Å². The van der Waals surface area contributed by atoms with Crippen molar-refractivity contribution in [1.29, 1.82) is 0 Å². The number of hydrogen-bond acceptors (Lipinski definition) is 12. The van der Waals surface area contributed by atoms with E-state index in [0.717, 1.165) is 0 Å². The van der Waals surface area contributed by atoms with Gasteiger partial charge < -0.3 is 39.8 Å². The van der Waals surface area contributed by atoms with Gasteiger partial charge in [0.1, 0.15) is 17.2 Å².